The fourth-order valence-corrected chi connectivity index (χ4v) is 3.70. The fraction of sp³-hybridized carbons (Fsp3) is 0.579. The Labute approximate surface area is 148 Å². The lowest BCUT2D eigenvalue weighted by Gasteiger charge is -2.32. The molecule has 1 saturated heterocycles. The summed E-state index contributed by atoms with van der Waals surface area (Å²) >= 11 is 1.71. The summed E-state index contributed by atoms with van der Waals surface area (Å²) in [5.41, 5.74) is 1.11. The van der Waals surface area contributed by atoms with E-state index in [2.05, 4.69) is 35.8 Å². The van der Waals surface area contributed by atoms with Crippen molar-refractivity contribution in [2.24, 2.45) is 11.8 Å². The second-order valence-corrected chi connectivity index (χ2v) is 7.78. The zero-order valence-electron chi connectivity index (χ0n) is 14.5. The number of hydrogen-bond donors (Lipinski definition) is 1. The van der Waals surface area contributed by atoms with Crippen molar-refractivity contribution in [3.8, 4) is 0 Å². The first-order valence-corrected chi connectivity index (χ1v) is 10.0. The summed E-state index contributed by atoms with van der Waals surface area (Å²) in [5.74, 6) is 0.494. The van der Waals surface area contributed by atoms with Gasteiger partial charge in [-0.25, -0.2) is 0 Å². The minimum atomic E-state index is -0.0747. The van der Waals surface area contributed by atoms with Gasteiger partial charge in [-0.2, -0.15) is 0 Å². The van der Waals surface area contributed by atoms with Gasteiger partial charge < -0.3 is 10.2 Å². The highest BCUT2D eigenvalue weighted by molar-refractivity contribution is 7.98. The molecular weight excluding hydrogens is 320 g/mol. The van der Waals surface area contributed by atoms with E-state index in [-0.39, 0.29) is 29.7 Å². The molecule has 2 amide bonds. The average Bonchev–Trinajstić information content (AvgIpc) is 3.46. The second kappa shape index (κ2) is 7.60. The van der Waals surface area contributed by atoms with E-state index in [9.17, 15) is 9.59 Å². The van der Waals surface area contributed by atoms with E-state index >= 15 is 0 Å². The molecule has 0 radical (unpaired) electrons. The highest BCUT2D eigenvalue weighted by atomic mass is 32.2. The largest absolute Gasteiger partial charge is 0.349 e. The number of carbonyl (C=O) groups excluding carboxylic acids is 2. The number of rotatable bonds is 5. The maximum Gasteiger partial charge on any atom is 0.225 e. The van der Waals surface area contributed by atoms with Gasteiger partial charge in [0, 0.05) is 23.9 Å². The van der Waals surface area contributed by atoms with Gasteiger partial charge in [-0.1, -0.05) is 12.1 Å². The minimum absolute atomic E-state index is 0.0112. The normalized spacial score (nSPS) is 22.1. The molecule has 2 fully saturated rings. The standard InChI is InChI=1S/C19H26N2O2S/c1-13(14-7-9-17(24-2)10-8-14)20-18(22)16-4-3-11-21(12-16)19(23)15-5-6-15/h7-10,13,15-16H,3-6,11-12H2,1-2H3,(H,20,22)/t13-,16+/m1/s1. The van der Waals surface area contributed by atoms with E-state index in [0.29, 0.717) is 6.54 Å². The maximum absolute atomic E-state index is 12.6. The summed E-state index contributed by atoms with van der Waals surface area (Å²) in [5, 5.41) is 3.12. The summed E-state index contributed by atoms with van der Waals surface area (Å²) in [7, 11) is 0. The van der Waals surface area contributed by atoms with Gasteiger partial charge in [0.1, 0.15) is 0 Å². The Kier molecular flexibility index (Phi) is 5.49. The van der Waals surface area contributed by atoms with Crippen molar-refractivity contribution in [2.75, 3.05) is 19.3 Å². The number of likely N-dealkylation sites (tertiary alicyclic amines) is 1. The van der Waals surface area contributed by atoms with Crippen LogP contribution in [0.25, 0.3) is 0 Å². The summed E-state index contributed by atoms with van der Waals surface area (Å²) in [4.78, 5) is 28.0. The average molecular weight is 346 g/mol. The Hall–Kier alpha value is -1.49. The van der Waals surface area contributed by atoms with E-state index < -0.39 is 0 Å². The summed E-state index contributed by atoms with van der Waals surface area (Å²) in [6, 6.07) is 8.29. The monoisotopic (exact) mass is 346 g/mol. The fourth-order valence-electron chi connectivity index (χ4n) is 3.29. The van der Waals surface area contributed by atoms with Crippen molar-refractivity contribution < 1.29 is 9.59 Å². The molecule has 1 saturated carbocycles. The molecule has 0 bridgehead atoms. The van der Waals surface area contributed by atoms with Crippen molar-refractivity contribution in [3.05, 3.63) is 29.8 Å². The van der Waals surface area contributed by atoms with Crippen LogP contribution >= 0.6 is 11.8 Å². The number of nitrogens with zero attached hydrogens (tertiary/aromatic N) is 1. The van der Waals surface area contributed by atoms with Crippen molar-refractivity contribution in [1.82, 2.24) is 10.2 Å². The van der Waals surface area contributed by atoms with Crippen LogP contribution in [-0.4, -0.2) is 36.1 Å². The lowest BCUT2D eigenvalue weighted by atomic mass is 9.96. The van der Waals surface area contributed by atoms with E-state index in [1.807, 2.05) is 11.8 Å². The van der Waals surface area contributed by atoms with E-state index in [1.165, 1.54) is 4.90 Å². The predicted octanol–water partition coefficient (Wildman–Crippen LogP) is 3.23. The molecule has 1 N–H and O–H groups in total. The Morgan fingerprint density at radius 3 is 2.50 bits per heavy atom. The quantitative estimate of drug-likeness (QED) is 0.833. The molecule has 5 heteroatoms. The van der Waals surface area contributed by atoms with Crippen LogP contribution in [0.3, 0.4) is 0 Å². The molecule has 1 aliphatic heterocycles. The van der Waals surface area contributed by atoms with Gasteiger partial charge in [-0.15, -0.1) is 11.8 Å². The smallest absolute Gasteiger partial charge is 0.225 e. The van der Waals surface area contributed by atoms with Gasteiger partial charge in [-0.05, 0) is 56.6 Å². The van der Waals surface area contributed by atoms with Crippen molar-refractivity contribution in [3.63, 3.8) is 0 Å². The van der Waals surface area contributed by atoms with Gasteiger partial charge in [0.15, 0.2) is 0 Å². The van der Waals surface area contributed by atoms with Gasteiger partial charge in [0.05, 0.1) is 12.0 Å². The second-order valence-electron chi connectivity index (χ2n) is 6.90. The van der Waals surface area contributed by atoms with Crippen molar-refractivity contribution in [2.45, 2.75) is 43.5 Å². The Bertz CT molecular complexity index is 598. The Morgan fingerprint density at radius 1 is 1.17 bits per heavy atom. The van der Waals surface area contributed by atoms with Crippen LogP contribution in [-0.2, 0) is 9.59 Å². The van der Waals surface area contributed by atoms with Crippen LogP contribution in [0.1, 0.15) is 44.2 Å². The number of piperidine rings is 1. The molecule has 1 aromatic carbocycles. The highest BCUT2D eigenvalue weighted by Gasteiger charge is 2.36. The highest BCUT2D eigenvalue weighted by Crippen LogP contribution is 2.32. The van der Waals surface area contributed by atoms with Gasteiger partial charge in [0.25, 0.3) is 0 Å². The number of carbonyl (C=O) groups is 2. The molecule has 24 heavy (non-hydrogen) atoms. The lowest BCUT2D eigenvalue weighted by Crippen LogP contribution is -2.46. The van der Waals surface area contributed by atoms with Crippen LogP contribution in [0, 0.1) is 11.8 Å². The van der Waals surface area contributed by atoms with Crippen LogP contribution in [0.15, 0.2) is 29.2 Å². The molecular formula is C19H26N2O2S. The van der Waals surface area contributed by atoms with Crippen molar-refractivity contribution in [1.29, 1.82) is 0 Å². The van der Waals surface area contributed by atoms with Gasteiger partial charge >= 0.3 is 0 Å². The molecule has 130 valence electrons. The molecule has 0 unspecified atom stereocenters. The SMILES string of the molecule is CSc1ccc([C@@H](C)NC(=O)[C@H]2CCCN(C(=O)C3CC3)C2)cc1. The first-order chi connectivity index (χ1) is 11.6. The molecule has 1 aliphatic carbocycles. The van der Waals surface area contributed by atoms with E-state index in [1.54, 1.807) is 11.8 Å². The van der Waals surface area contributed by atoms with Gasteiger partial charge in [0.2, 0.25) is 11.8 Å². The number of amides is 2. The third-order valence-electron chi connectivity index (χ3n) is 5.01. The number of thioether (sulfide) groups is 1. The lowest BCUT2D eigenvalue weighted by molar-refractivity contribution is -0.137. The van der Waals surface area contributed by atoms with Crippen LogP contribution < -0.4 is 5.32 Å². The summed E-state index contributed by atoms with van der Waals surface area (Å²) in [6.07, 6.45) is 5.90. The summed E-state index contributed by atoms with van der Waals surface area (Å²) < 4.78 is 0. The first-order valence-electron chi connectivity index (χ1n) is 8.81. The molecule has 1 heterocycles. The topological polar surface area (TPSA) is 49.4 Å². The maximum atomic E-state index is 12.6. The zero-order valence-corrected chi connectivity index (χ0v) is 15.3. The van der Waals surface area contributed by atoms with Crippen LogP contribution in [0.2, 0.25) is 0 Å². The van der Waals surface area contributed by atoms with Gasteiger partial charge in [-0.3, -0.25) is 9.59 Å². The zero-order chi connectivity index (χ0) is 17.1. The number of hydrogen-bond acceptors (Lipinski definition) is 3. The number of benzene rings is 1. The molecule has 2 aliphatic rings. The van der Waals surface area contributed by atoms with Crippen LogP contribution in [0.4, 0.5) is 0 Å². The van der Waals surface area contributed by atoms with E-state index in [4.69, 9.17) is 0 Å². The summed E-state index contributed by atoms with van der Waals surface area (Å²) in [6.45, 7) is 3.41. The molecule has 0 spiro atoms. The third kappa shape index (κ3) is 4.12. The first kappa shape index (κ1) is 17.3. The Balaban J connectivity index is 1.55. The van der Waals surface area contributed by atoms with E-state index in [0.717, 1.165) is 37.8 Å². The molecule has 4 nitrogen and oxygen atoms in total. The van der Waals surface area contributed by atoms with Crippen LogP contribution in [0.5, 0.6) is 0 Å². The Morgan fingerprint density at radius 2 is 1.88 bits per heavy atom. The molecule has 1 aromatic rings. The van der Waals surface area contributed by atoms with Crippen molar-refractivity contribution >= 4 is 23.6 Å². The predicted molar refractivity (Wildman–Crippen MR) is 96.8 cm³/mol. The minimum Gasteiger partial charge on any atom is -0.349 e. The molecule has 0 aromatic heterocycles. The third-order valence-corrected chi connectivity index (χ3v) is 5.75. The molecule has 2 atom stereocenters. The number of nitrogens with one attached hydrogen (secondary N) is 1. The molecule has 3 rings (SSSR count).